The number of aromatic nitrogens is 1. The van der Waals surface area contributed by atoms with E-state index >= 15 is 0 Å². The maximum absolute atomic E-state index is 12.3. The fourth-order valence-electron chi connectivity index (χ4n) is 4.18. The van der Waals surface area contributed by atoms with Crippen LogP contribution in [0.3, 0.4) is 0 Å². The summed E-state index contributed by atoms with van der Waals surface area (Å²) in [5.41, 5.74) is 2.37. The lowest BCUT2D eigenvalue weighted by molar-refractivity contribution is -0.121. The summed E-state index contributed by atoms with van der Waals surface area (Å²) in [6.45, 7) is 0.768. The van der Waals surface area contributed by atoms with Gasteiger partial charge in [-0.3, -0.25) is 4.79 Å². The molecular weight excluding hydrogens is 310 g/mol. The van der Waals surface area contributed by atoms with E-state index in [1.807, 2.05) is 18.3 Å². The standard InChI is InChI=1S/C21H31N3O/c1-24(2)20(16-8-4-3-5-9-16)15-23-21(25)13-12-17-14-22-19-11-7-6-10-18(17)19/h6-7,10-11,14,16,20,22H,3-5,8-9,12-13,15H2,1-2H3,(H,23,25). The van der Waals surface area contributed by atoms with Crippen LogP contribution in [0.25, 0.3) is 10.9 Å². The molecule has 0 saturated heterocycles. The van der Waals surface area contributed by atoms with Gasteiger partial charge in [-0.05, 0) is 50.9 Å². The van der Waals surface area contributed by atoms with Crippen LogP contribution in [0, 0.1) is 5.92 Å². The SMILES string of the molecule is CN(C)C(CNC(=O)CCc1c[nH]c2ccccc12)C1CCCCC1. The van der Waals surface area contributed by atoms with Crippen molar-refractivity contribution in [2.45, 2.75) is 51.0 Å². The number of rotatable bonds is 7. The van der Waals surface area contributed by atoms with Crippen LogP contribution in [-0.4, -0.2) is 42.5 Å². The fraction of sp³-hybridized carbons (Fsp3) is 0.571. The fourth-order valence-corrected chi connectivity index (χ4v) is 4.18. The molecule has 25 heavy (non-hydrogen) atoms. The van der Waals surface area contributed by atoms with Crippen LogP contribution in [-0.2, 0) is 11.2 Å². The molecule has 4 nitrogen and oxygen atoms in total. The zero-order valence-electron chi connectivity index (χ0n) is 15.6. The third-order valence-electron chi connectivity index (χ3n) is 5.66. The quantitative estimate of drug-likeness (QED) is 0.806. The van der Waals surface area contributed by atoms with Crippen LogP contribution < -0.4 is 5.32 Å². The van der Waals surface area contributed by atoms with E-state index in [0.717, 1.165) is 24.4 Å². The molecule has 1 atom stereocenters. The van der Waals surface area contributed by atoms with Crippen molar-refractivity contribution < 1.29 is 4.79 Å². The van der Waals surface area contributed by atoms with Gasteiger partial charge in [-0.25, -0.2) is 0 Å². The van der Waals surface area contributed by atoms with Gasteiger partial charge in [-0.1, -0.05) is 37.5 Å². The average molecular weight is 341 g/mol. The first-order valence-corrected chi connectivity index (χ1v) is 9.63. The van der Waals surface area contributed by atoms with E-state index in [4.69, 9.17) is 0 Å². The minimum absolute atomic E-state index is 0.160. The van der Waals surface area contributed by atoms with Crippen molar-refractivity contribution in [3.8, 4) is 0 Å². The topological polar surface area (TPSA) is 48.1 Å². The second kappa shape index (κ2) is 8.52. The first-order chi connectivity index (χ1) is 12.1. The Bertz CT molecular complexity index is 685. The number of aromatic amines is 1. The number of aryl methyl sites for hydroxylation is 1. The number of benzene rings is 1. The Morgan fingerprint density at radius 3 is 2.76 bits per heavy atom. The summed E-state index contributed by atoms with van der Waals surface area (Å²) < 4.78 is 0. The van der Waals surface area contributed by atoms with Gasteiger partial charge in [0.25, 0.3) is 0 Å². The third kappa shape index (κ3) is 4.63. The zero-order chi connectivity index (χ0) is 17.6. The van der Waals surface area contributed by atoms with E-state index in [9.17, 15) is 4.79 Å². The number of nitrogens with zero attached hydrogens (tertiary/aromatic N) is 1. The van der Waals surface area contributed by atoms with Crippen LogP contribution in [0.4, 0.5) is 0 Å². The summed E-state index contributed by atoms with van der Waals surface area (Å²) in [5, 5.41) is 4.41. The second-order valence-corrected chi connectivity index (χ2v) is 7.59. The van der Waals surface area contributed by atoms with Crippen molar-refractivity contribution in [3.05, 3.63) is 36.0 Å². The zero-order valence-corrected chi connectivity index (χ0v) is 15.6. The predicted octanol–water partition coefficient (Wildman–Crippen LogP) is 3.73. The molecular formula is C21H31N3O. The number of H-pyrrole nitrogens is 1. The smallest absolute Gasteiger partial charge is 0.220 e. The Morgan fingerprint density at radius 2 is 2.00 bits per heavy atom. The summed E-state index contributed by atoms with van der Waals surface area (Å²) in [6, 6.07) is 8.72. The minimum atomic E-state index is 0.160. The summed E-state index contributed by atoms with van der Waals surface area (Å²) >= 11 is 0. The predicted molar refractivity (Wildman–Crippen MR) is 104 cm³/mol. The molecule has 0 aliphatic heterocycles. The molecule has 0 spiro atoms. The molecule has 1 amide bonds. The van der Waals surface area contributed by atoms with Crippen molar-refractivity contribution in [3.63, 3.8) is 0 Å². The van der Waals surface area contributed by atoms with Crippen LogP contribution in [0.2, 0.25) is 0 Å². The highest BCUT2D eigenvalue weighted by molar-refractivity contribution is 5.84. The van der Waals surface area contributed by atoms with Gasteiger partial charge in [-0.2, -0.15) is 0 Å². The molecule has 1 aromatic carbocycles. The Labute approximate surface area is 151 Å². The van der Waals surface area contributed by atoms with E-state index in [-0.39, 0.29) is 5.91 Å². The molecule has 0 bridgehead atoms. The number of carbonyl (C=O) groups is 1. The number of hydrogen-bond acceptors (Lipinski definition) is 2. The van der Waals surface area contributed by atoms with Gasteiger partial charge in [0.15, 0.2) is 0 Å². The van der Waals surface area contributed by atoms with Gasteiger partial charge in [0.1, 0.15) is 0 Å². The van der Waals surface area contributed by atoms with Gasteiger partial charge in [0, 0.05) is 36.1 Å². The number of carbonyl (C=O) groups excluding carboxylic acids is 1. The summed E-state index contributed by atoms with van der Waals surface area (Å²) in [6.07, 6.45) is 10.0. The molecule has 136 valence electrons. The van der Waals surface area contributed by atoms with E-state index in [0.29, 0.717) is 12.5 Å². The lowest BCUT2D eigenvalue weighted by Crippen LogP contribution is -2.45. The van der Waals surface area contributed by atoms with Crippen LogP contribution in [0.15, 0.2) is 30.5 Å². The first-order valence-electron chi connectivity index (χ1n) is 9.63. The Balaban J connectivity index is 1.49. The molecule has 2 N–H and O–H groups in total. The monoisotopic (exact) mass is 341 g/mol. The molecule has 1 aliphatic carbocycles. The molecule has 1 aromatic heterocycles. The number of fused-ring (bicyclic) bond motifs is 1. The molecule has 0 radical (unpaired) electrons. The Kier molecular flexibility index (Phi) is 6.14. The highest BCUT2D eigenvalue weighted by Crippen LogP contribution is 2.28. The van der Waals surface area contributed by atoms with Crippen LogP contribution in [0.5, 0.6) is 0 Å². The minimum Gasteiger partial charge on any atom is -0.361 e. The summed E-state index contributed by atoms with van der Waals surface area (Å²) in [7, 11) is 4.27. The second-order valence-electron chi connectivity index (χ2n) is 7.59. The van der Waals surface area contributed by atoms with Crippen molar-refractivity contribution in [2.75, 3.05) is 20.6 Å². The van der Waals surface area contributed by atoms with Gasteiger partial charge in [0.2, 0.25) is 5.91 Å². The Morgan fingerprint density at radius 1 is 1.24 bits per heavy atom. The molecule has 3 rings (SSSR count). The van der Waals surface area contributed by atoms with Crippen LogP contribution in [0.1, 0.15) is 44.1 Å². The van der Waals surface area contributed by atoms with Gasteiger partial charge < -0.3 is 15.2 Å². The van der Waals surface area contributed by atoms with E-state index < -0.39 is 0 Å². The lowest BCUT2D eigenvalue weighted by Gasteiger charge is -2.35. The average Bonchev–Trinajstić information content (AvgIpc) is 3.04. The van der Waals surface area contributed by atoms with Gasteiger partial charge in [-0.15, -0.1) is 0 Å². The normalized spacial score (nSPS) is 17.1. The molecule has 1 saturated carbocycles. The molecule has 1 aliphatic rings. The Hall–Kier alpha value is -1.81. The maximum atomic E-state index is 12.3. The number of amides is 1. The maximum Gasteiger partial charge on any atom is 0.220 e. The van der Waals surface area contributed by atoms with Crippen molar-refractivity contribution in [1.29, 1.82) is 0 Å². The number of nitrogens with one attached hydrogen (secondary N) is 2. The largest absolute Gasteiger partial charge is 0.361 e. The molecule has 1 unspecified atom stereocenters. The van der Waals surface area contributed by atoms with Gasteiger partial charge >= 0.3 is 0 Å². The first kappa shape index (κ1) is 18.0. The lowest BCUT2D eigenvalue weighted by atomic mass is 9.83. The highest BCUT2D eigenvalue weighted by atomic mass is 16.1. The number of hydrogen-bond donors (Lipinski definition) is 2. The number of likely N-dealkylation sites (N-methyl/N-ethyl adjacent to an activating group) is 1. The van der Waals surface area contributed by atoms with Crippen molar-refractivity contribution >= 4 is 16.8 Å². The molecule has 1 heterocycles. The van der Waals surface area contributed by atoms with Gasteiger partial charge in [0.05, 0.1) is 0 Å². The van der Waals surface area contributed by atoms with Crippen molar-refractivity contribution in [2.24, 2.45) is 5.92 Å². The summed E-state index contributed by atoms with van der Waals surface area (Å²) in [4.78, 5) is 17.9. The van der Waals surface area contributed by atoms with Crippen molar-refractivity contribution in [1.82, 2.24) is 15.2 Å². The van der Waals surface area contributed by atoms with Crippen LogP contribution >= 0.6 is 0 Å². The molecule has 2 aromatic rings. The van der Waals surface area contributed by atoms with E-state index in [1.54, 1.807) is 0 Å². The molecule has 1 fully saturated rings. The summed E-state index contributed by atoms with van der Waals surface area (Å²) in [5.74, 6) is 0.880. The molecule has 4 heteroatoms. The van der Waals surface area contributed by atoms with E-state index in [1.165, 1.54) is 43.1 Å². The van der Waals surface area contributed by atoms with E-state index in [2.05, 4.69) is 41.4 Å². The number of para-hydroxylation sites is 1. The highest BCUT2D eigenvalue weighted by Gasteiger charge is 2.25. The third-order valence-corrected chi connectivity index (χ3v) is 5.66.